The molecule has 0 N–H and O–H groups in total. The zero-order chi connectivity index (χ0) is 5.86. The van der Waals surface area contributed by atoms with Crippen molar-refractivity contribution in [3.63, 3.8) is 0 Å². The summed E-state index contributed by atoms with van der Waals surface area (Å²) in [6, 6.07) is 0. The topological polar surface area (TPSA) is 17.1 Å². The molecule has 0 rings (SSSR count). The summed E-state index contributed by atoms with van der Waals surface area (Å²) in [7, 11) is -2.93. The van der Waals surface area contributed by atoms with Gasteiger partial charge in [0.15, 0.2) is 0 Å². The summed E-state index contributed by atoms with van der Waals surface area (Å²) < 4.78 is 28.0. The van der Waals surface area contributed by atoms with Crippen LogP contribution in [0.4, 0.5) is 4.20 Å². The monoisotopic (exact) mass is 126 g/mol. The van der Waals surface area contributed by atoms with E-state index in [0.29, 0.717) is 0 Å². The molecule has 0 aliphatic heterocycles. The molecule has 0 fully saturated rings. The van der Waals surface area contributed by atoms with Crippen molar-refractivity contribution in [1.82, 2.24) is 0 Å². The predicted molar refractivity (Wildman–Crippen MR) is 30.0 cm³/mol. The first-order valence-electron chi connectivity index (χ1n) is 2.01. The van der Waals surface area contributed by atoms with Crippen LogP contribution < -0.4 is 0 Å². The molecule has 0 radical (unpaired) electrons. The maximum absolute atomic E-state index is 11.3. The zero-order valence-corrected chi connectivity index (χ0v) is 5.21. The van der Waals surface area contributed by atoms with Gasteiger partial charge in [0, 0.05) is 1.34 Å². The summed E-state index contributed by atoms with van der Waals surface area (Å²) in [5, 5.41) is 0. The Hall–Kier alpha value is 0.525. The molecular weight excluding hydrogens is 120 g/mol. The van der Waals surface area contributed by atoms with E-state index in [9.17, 15) is 8.76 Å². The standard InChI is InChI=1S/CH5BFOP2/c1-2-6(4)5-3/h2,5H,1H3/q+1/i2D. The molecule has 6 heavy (non-hydrogen) atoms. The summed E-state index contributed by atoms with van der Waals surface area (Å²) in [6.45, 7) is 0.684. The summed E-state index contributed by atoms with van der Waals surface area (Å²) >= 11 is 0. The van der Waals surface area contributed by atoms with E-state index in [1.54, 1.807) is 0 Å². The van der Waals surface area contributed by atoms with Crippen LogP contribution in [-0.4, -0.2) is 8.30 Å². The van der Waals surface area contributed by atoms with Gasteiger partial charge in [-0.15, -0.1) is 0 Å². The molecule has 0 saturated carbocycles. The molecule has 5 heteroatoms. The number of hydrogen-bond donors (Lipinski definition) is 0. The van der Waals surface area contributed by atoms with Crippen molar-refractivity contribution in [2.24, 2.45) is 0 Å². The van der Waals surface area contributed by atoms with Gasteiger partial charge in [0.2, 0.25) is 0 Å². The lowest BCUT2D eigenvalue weighted by atomic mass is 10.2. The smallest absolute Gasteiger partial charge is 0.173 e. The molecule has 1 nitrogen and oxygen atoms in total. The molecule has 0 bridgehead atoms. The average Bonchev–Trinajstić information content (AvgIpc) is 1.65. The highest BCUT2D eigenvalue weighted by atomic mass is 32.1. The van der Waals surface area contributed by atoms with Gasteiger partial charge in [-0.25, -0.2) is 0 Å². The maximum Gasteiger partial charge on any atom is 0.441 e. The fourth-order valence-electron chi connectivity index (χ4n) is 0.0488. The first-order valence-corrected chi connectivity index (χ1v) is 4.48. The number of hydrogen-bond acceptors (Lipinski definition) is 1. The zero-order valence-electron chi connectivity index (χ0n) is 4.31. The van der Waals surface area contributed by atoms with E-state index in [1.807, 2.05) is 0 Å². The Labute approximate surface area is 40.8 Å². The highest BCUT2D eigenvalue weighted by Crippen LogP contribution is 2.43. The lowest BCUT2D eigenvalue weighted by Gasteiger charge is -1.59. The minimum Gasteiger partial charge on any atom is -0.173 e. The molecule has 2 atom stereocenters. The Balaban J connectivity index is 3.35. The second-order valence-electron chi connectivity index (χ2n) is 0.669. The molecule has 0 aliphatic rings. The van der Waals surface area contributed by atoms with Crippen molar-refractivity contribution >= 4 is 22.9 Å². The first kappa shape index (κ1) is 4.68. The summed E-state index contributed by atoms with van der Waals surface area (Å²) in [6.07, 6.45) is 0. The Morgan fingerprint density at radius 2 is 2.83 bits per heavy atom. The average molecular weight is 126 g/mol. The highest BCUT2D eigenvalue weighted by Gasteiger charge is 2.11. The molecule has 0 aromatic rings. The Kier molecular flexibility index (Phi) is 2.89. The third-order valence-electron chi connectivity index (χ3n) is 0.318. The van der Waals surface area contributed by atoms with Gasteiger partial charge in [-0.2, -0.15) is 4.20 Å². The minimum absolute atomic E-state index is 0.738. The maximum atomic E-state index is 11.3. The van der Waals surface area contributed by atoms with Gasteiger partial charge in [0.05, 0.1) is 0 Å². The van der Waals surface area contributed by atoms with Crippen molar-refractivity contribution < 1.29 is 8.76 Å². The molecule has 0 saturated heterocycles. The van der Waals surface area contributed by atoms with Crippen molar-refractivity contribution in [1.29, 1.82) is 1.34 Å². The van der Waals surface area contributed by atoms with Crippen LogP contribution in [0, 0.1) is 0 Å². The lowest BCUT2D eigenvalue weighted by Crippen LogP contribution is -1.57. The molecule has 0 aliphatic carbocycles. The van der Waals surface area contributed by atoms with Gasteiger partial charge < -0.3 is 0 Å². The summed E-state index contributed by atoms with van der Waals surface area (Å²) in [5.74, 6) is 0. The van der Waals surface area contributed by atoms with E-state index in [1.165, 1.54) is 6.82 Å². The van der Waals surface area contributed by atoms with Crippen LogP contribution in [0.5, 0.6) is 0 Å². The van der Waals surface area contributed by atoms with Crippen LogP contribution in [0.2, 0.25) is 6.82 Å². The molecule has 0 spiro atoms. The Morgan fingerprint density at radius 3 is 2.83 bits per heavy atom. The third-order valence-corrected chi connectivity index (χ3v) is 2.23. The van der Waals surface area contributed by atoms with Crippen LogP contribution in [0.3, 0.4) is 0 Å². The quantitative estimate of drug-likeness (QED) is 0.406. The summed E-state index contributed by atoms with van der Waals surface area (Å²) in [4.78, 5) is 0. The van der Waals surface area contributed by atoms with E-state index < -0.39 is 22.9 Å². The minimum atomic E-state index is -1.86. The Morgan fingerprint density at radius 1 is 2.33 bits per heavy atom. The predicted octanol–water partition coefficient (Wildman–Crippen LogP) is 1.69. The van der Waals surface area contributed by atoms with Gasteiger partial charge >= 0.3 is 22.9 Å². The van der Waals surface area contributed by atoms with Crippen molar-refractivity contribution in [3.05, 3.63) is 0 Å². The molecule has 0 aromatic carbocycles. The Bertz CT molecular complexity index is 78.1. The van der Waals surface area contributed by atoms with Crippen molar-refractivity contribution in [2.45, 2.75) is 6.82 Å². The largest absolute Gasteiger partial charge is 0.441 e. The molecule has 34 valence electrons. The van der Waals surface area contributed by atoms with Crippen LogP contribution in [0.15, 0.2) is 0 Å². The van der Waals surface area contributed by atoms with Crippen LogP contribution in [0.25, 0.3) is 0 Å². The van der Waals surface area contributed by atoms with Crippen molar-refractivity contribution in [3.8, 4) is 0 Å². The molecule has 0 heterocycles. The van der Waals surface area contributed by atoms with E-state index in [2.05, 4.69) is 0 Å². The second-order valence-corrected chi connectivity index (χ2v) is 3.83. The molecule has 0 aromatic heterocycles. The first-order chi connectivity index (χ1) is 3.18. The normalized spacial score (nSPS) is 15.0. The number of rotatable bonds is 2. The second kappa shape index (κ2) is 3.71. The fraction of sp³-hybridized carbons (Fsp3) is 1.00. The van der Waals surface area contributed by atoms with Crippen molar-refractivity contribution in [2.75, 3.05) is 0 Å². The SMILES string of the molecule is [2H]B(C)[P+](=O)PF. The van der Waals surface area contributed by atoms with E-state index >= 15 is 0 Å². The van der Waals surface area contributed by atoms with Gasteiger partial charge in [0.25, 0.3) is 0 Å². The highest BCUT2D eigenvalue weighted by molar-refractivity contribution is 8.26. The molecule has 0 amide bonds. The van der Waals surface area contributed by atoms with Gasteiger partial charge in [-0.05, 0) is 6.82 Å². The van der Waals surface area contributed by atoms with Gasteiger partial charge in [0.1, 0.15) is 0 Å². The molecule has 2 unspecified atom stereocenters. The lowest BCUT2D eigenvalue weighted by molar-refractivity contribution is 0.601. The van der Waals surface area contributed by atoms with Crippen LogP contribution in [0.1, 0.15) is 0 Å². The number of halogens is 1. The third kappa shape index (κ3) is 2.75. The molecular formula is CH5BFOP2+. The van der Waals surface area contributed by atoms with Gasteiger partial charge in [-0.1, -0.05) is 4.57 Å². The van der Waals surface area contributed by atoms with Gasteiger partial charge in [-0.3, -0.25) is 0 Å². The summed E-state index contributed by atoms with van der Waals surface area (Å²) in [5.41, 5.74) is 0. The van der Waals surface area contributed by atoms with Crippen LogP contribution in [-0.2, 0) is 4.57 Å². The van der Waals surface area contributed by atoms with E-state index in [-0.39, 0.29) is 0 Å². The van der Waals surface area contributed by atoms with Crippen LogP contribution >= 0.6 is 15.9 Å². The fourth-order valence-corrected chi connectivity index (χ4v) is 0.439. The van der Waals surface area contributed by atoms with E-state index in [0.717, 1.165) is 0 Å². The van der Waals surface area contributed by atoms with E-state index in [4.69, 9.17) is 1.34 Å².